The van der Waals surface area contributed by atoms with Gasteiger partial charge >= 0.3 is 0 Å². The van der Waals surface area contributed by atoms with Gasteiger partial charge in [-0.2, -0.15) is 0 Å². The van der Waals surface area contributed by atoms with Crippen LogP contribution in [-0.4, -0.2) is 54.3 Å². The van der Waals surface area contributed by atoms with E-state index in [1.165, 1.54) is 11.1 Å². The van der Waals surface area contributed by atoms with E-state index in [0.717, 1.165) is 55.9 Å². The third-order valence-corrected chi connectivity index (χ3v) is 7.46. The number of piperidine rings is 1. The van der Waals surface area contributed by atoms with E-state index in [4.69, 9.17) is 16.2 Å². The lowest BCUT2D eigenvalue weighted by molar-refractivity contribution is -0.116. The zero-order valence-corrected chi connectivity index (χ0v) is 20.5. The maximum Gasteiger partial charge on any atom is 0.267 e. The summed E-state index contributed by atoms with van der Waals surface area (Å²) in [7, 11) is 3.45. The first-order valence-corrected chi connectivity index (χ1v) is 11.8. The van der Waals surface area contributed by atoms with Crippen molar-refractivity contribution in [2.75, 3.05) is 27.2 Å². The summed E-state index contributed by atoms with van der Waals surface area (Å²) >= 11 is 0. The molecule has 2 amide bonds. The van der Waals surface area contributed by atoms with Gasteiger partial charge in [0.25, 0.3) is 5.91 Å². The number of nitrogens with zero attached hydrogens (tertiary/aromatic N) is 3. The van der Waals surface area contributed by atoms with Crippen LogP contribution in [0, 0.1) is 5.41 Å². The van der Waals surface area contributed by atoms with E-state index in [9.17, 15) is 9.59 Å². The number of likely N-dealkylation sites (tertiary alicyclic amines) is 1. The van der Waals surface area contributed by atoms with E-state index in [1.54, 1.807) is 31.3 Å². The van der Waals surface area contributed by atoms with Crippen molar-refractivity contribution < 1.29 is 14.3 Å². The number of ether oxygens (including phenoxy) is 1. The van der Waals surface area contributed by atoms with Gasteiger partial charge < -0.3 is 26.0 Å². The first kappa shape index (κ1) is 24.5. The van der Waals surface area contributed by atoms with Crippen LogP contribution in [0.15, 0.2) is 54.5 Å². The van der Waals surface area contributed by atoms with E-state index >= 15 is 0 Å². The Morgan fingerprint density at radius 2 is 1.97 bits per heavy atom. The molecule has 1 aliphatic heterocycles. The number of allylic oxidation sites excluding steroid dienone is 3. The maximum absolute atomic E-state index is 11.8. The summed E-state index contributed by atoms with van der Waals surface area (Å²) in [5.74, 6) is 1.12. The number of nitrogens with two attached hydrogens (primary N) is 2. The average Bonchev–Trinajstić information content (AvgIpc) is 3.15. The number of hydrogen-bond acceptors (Lipinski definition) is 6. The Bertz CT molecular complexity index is 1180. The highest BCUT2D eigenvalue weighted by Crippen LogP contribution is 2.53. The van der Waals surface area contributed by atoms with Gasteiger partial charge in [0.05, 0.1) is 7.11 Å². The molecule has 0 radical (unpaired) electrons. The van der Waals surface area contributed by atoms with Gasteiger partial charge in [-0.15, -0.1) is 0 Å². The van der Waals surface area contributed by atoms with Gasteiger partial charge in [0.15, 0.2) is 0 Å². The fourth-order valence-corrected chi connectivity index (χ4v) is 5.42. The van der Waals surface area contributed by atoms with E-state index in [-0.39, 0.29) is 17.2 Å². The van der Waals surface area contributed by atoms with Gasteiger partial charge in [-0.3, -0.25) is 14.6 Å². The number of primary amides is 1. The number of fused-ring (bicyclic) bond motifs is 1. The third-order valence-electron chi connectivity index (χ3n) is 7.46. The normalized spacial score (nSPS) is 19.4. The second-order valence-corrected chi connectivity index (χ2v) is 9.39. The van der Waals surface area contributed by atoms with Gasteiger partial charge in [0, 0.05) is 37.9 Å². The van der Waals surface area contributed by atoms with Crippen molar-refractivity contribution >= 4 is 17.9 Å². The Morgan fingerprint density at radius 3 is 2.63 bits per heavy atom. The summed E-state index contributed by atoms with van der Waals surface area (Å²) in [5.41, 5.74) is 16.4. The number of benzene rings is 1. The number of carbonyl (C=O) groups excluding carboxylic acids is 2. The van der Waals surface area contributed by atoms with Crippen LogP contribution in [0.25, 0.3) is 5.57 Å². The zero-order valence-electron chi connectivity index (χ0n) is 20.5. The van der Waals surface area contributed by atoms with Gasteiger partial charge in [-0.05, 0) is 66.5 Å². The Balaban J connectivity index is 1.56. The predicted molar refractivity (Wildman–Crippen MR) is 135 cm³/mol. The number of pyridine rings is 1. The topological polar surface area (TPSA) is 115 Å². The quantitative estimate of drug-likeness (QED) is 0.470. The van der Waals surface area contributed by atoms with Crippen molar-refractivity contribution in [1.29, 1.82) is 0 Å². The summed E-state index contributed by atoms with van der Waals surface area (Å²) in [6, 6.07) is 9.66. The molecule has 1 aromatic carbocycles. The molecule has 1 saturated heterocycles. The van der Waals surface area contributed by atoms with E-state index < -0.39 is 5.91 Å². The van der Waals surface area contributed by atoms with Crippen LogP contribution < -0.4 is 16.2 Å². The molecule has 1 aromatic heterocycles. The van der Waals surface area contributed by atoms with Crippen LogP contribution in [0.1, 0.15) is 53.0 Å². The monoisotopic (exact) mass is 475 g/mol. The Hall–Kier alpha value is -3.65. The van der Waals surface area contributed by atoms with Crippen molar-refractivity contribution in [2.24, 2.45) is 16.9 Å². The van der Waals surface area contributed by atoms with Crippen molar-refractivity contribution in [2.45, 2.75) is 32.2 Å². The van der Waals surface area contributed by atoms with Crippen LogP contribution in [-0.2, 0) is 11.2 Å². The molecule has 1 aliphatic carbocycles. The Kier molecular flexibility index (Phi) is 6.93. The minimum atomic E-state index is -0.575. The van der Waals surface area contributed by atoms with Gasteiger partial charge in [0.2, 0.25) is 6.41 Å². The molecule has 0 bridgehead atoms. The van der Waals surface area contributed by atoms with Crippen molar-refractivity contribution in [3.05, 3.63) is 76.9 Å². The van der Waals surface area contributed by atoms with Crippen LogP contribution in [0.2, 0.25) is 0 Å². The zero-order chi connectivity index (χ0) is 25.2. The Labute approximate surface area is 206 Å². The first-order valence-electron chi connectivity index (χ1n) is 11.8. The van der Waals surface area contributed by atoms with Crippen molar-refractivity contribution in [1.82, 2.24) is 14.8 Å². The molecule has 2 aromatic rings. The maximum atomic E-state index is 11.8. The third kappa shape index (κ3) is 4.53. The number of amides is 2. The molecular formula is C27H33N5O3. The van der Waals surface area contributed by atoms with Crippen LogP contribution in [0.5, 0.6) is 5.75 Å². The molecule has 8 nitrogen and oxygen atoms in total. The second kappa shape index (κ2) is 9.92. The molecule has 35 heavy (non-hydrogen) atoms. The molecule has 1 atom stereocenters. The lowest BCUT2D eigenvalue weighted by Crippen LogP contribution is -2.46. The minimum absolute atomic E-state index is 0.0177. The second-order valence-electron chi connectivity index (χ2n) is 9.39. The smallest absolute Gasteiger partial charge is 0.267 e. The van der Waals surface area contributed by atoms with Crippen LogP contribution in [0.4, 0.5) is 0 Å². The largest absolute Gasteiger partial charge is 0.496 e. The fraction of sp³-hybridized carbons (Fsp3) is 0.370. The minimum Gasteiger partial charge on any atom is -0.496 e. The van der Waals surface area contributed by atoms with Gasteiger partial charge in [-0.1, -0.05) is 24.3 Å². The highest BCUT2D eigenvalue weighted by Gasteiger charge is 2.47. The van der Waals surface area contributed by atoms with E-state index in [2.05, 4.69) is 16.0 Å². The molecule has 1 unspecified atom stereocenters. The molecule has 184 valence electrons. The summed E-state index contributed by atoms with van der Waals surface area (Å²) in [6.07, 6.45) is 8.88. The molecule has 4 N–H and O–H groups in total. The average molecular weight is 476 g/mol. The molecule has 0 saturated carbocycles. The predicted octanol–water partition coefficient (Wildman–Crippen LogP) is 2.86. The lowest BCUT2D eigenvalue weighted by atomic mass is 9.73. The number of hydrogen-bond donors (Lipinski definition) is 2. The van der Waals surface area contributed by atoms with E-state index in [1.807, 2.05) is 37.3 Å². The van der Waals surface area contributed by atoms with Crippen molar-refractivity contribution in [3.8, 4) is 5.75 Å². The van der Waals surface area contributed by atoms with Crippen molar-refractivity contribution in [3.63, 3.8) is 0 Å². The summed E-state index contributed by atoms with van der Waals surface area (Å²) in [6.45, 7) is 3.45. The molecule has 2 aliphatic rings. The molecule has 1 spiro atoms. The van der Waals surface area contributed by atoms with Gasteiger partial charge in [-0.25, -0.2) is 0 Å². The Morgan fingerprint density at radius 1 is 1.23 bits per heavy atom. The first-order chi connectivity index (χ1) is 16.8. The molecule has 1 fully saturated rings. The number of aromatic nitrogens is 1. The lowest BCUT2D eigenvalue weighted by Gasteiger charge is -2.44. The highest BCUT2D eigenvalue weighted by atomic mass is 16.5. The van der Waals surface area contributed by atoms with E-state index in [0.29, 0.717) is 5.56 Å². The molecule has 4 rings (SSSR count). The van der Waals surface area contributed by atoms with Crippen LogP contribution >= 0.6 is 0 Å². The van der Waals surface area contributed by atoms with Crippen LogP contribution in [0.3, 0.4) is 0 Å². The number of carbonyl (C=O) groups is 2. The summed E-state index contributed by atoms with van der Waals surface area (Å²) < 4.78 is 5.60. The molecular weight excluding hydrogens is 442 g/mol. The summed E-state index contributed by atoms with van der Waals surface area (Å²) in [5, 5.41) is 0. The number of rotatable bonds is 7. The fourth-order valence-electron chi connectivity index (χ4n) is 5.42. The summed E-state index contributed by atoms with van der Waals surface area (Å²) in [4.78, 5) is 31.4. The SMILES string of the molecule is COc1cccc2c1CC1(CCN(/C(=C/C=C(\C)c3cccnc3C(N)=O)N(C)C=O)CC1)C2N. The highest BCUT2D eigenvalue weighted by molar-refractivity contribution is 5.96. The standard InChI is InChI=1S/C27H33N5O3/c1-18(19-7-5-13-30-24(19)26(29)34)9-10-23(31(2)17-33)32-14-11-27(12-15-32)16-21-20(25(27)28)6-4-8-22(21)35-3/h4-10,13,17,25H,11-12,14-16,28H2,1-3H3,(H2,29,34)/b18-9+,23-10+. The van der Waals surface area contributed by atoms with Gasteiger partial charge in [0.1, 0.15) is 17.3 Å². The number of methoxy groups -OCH3 is 1. The molecule has 8 heteroatoms. The molecule has 2 heterocycles.